The maximum absolute atomic E-state index is 10.5. The fourth-order valence-electron chi connectivity index (χ4n) is 5.44. The topological polar surface area (TPSA) is 281 Å². The molecule has 0 radical (unpaired) electrons. The minimum absolute atomic E-state index is 0. The number of hydrogen-bond acceptors (Lipinski definition) is 24. The second-order valence-corrected chi connectivity index (χ2v) is 17.9. The standard InChI is InChI=1S/C46H86O24S2.2K/c1-2-44-5-6-45(69-39-37-67-35-33-65-31-29-63-27-25-61-23-21-59-19-17-57-15-13-55-11-9-53-7-3-41-71(47,48)49)43-46(44)70-40-38-68-36-34-66-32-30-64-28-26-62-24-22-60-20-18-58-16-14-56-12-10-54-8-4-42-72(50,51)52;;/h5-6,43H,2-4,7-42H2,1H3,(H,47,48,49)(H,50,51,52);;/q;2*+1/p-2. The molecule has 0 atom stereocenters. The molecular weight excluding hydrogens is 1080 g/mol. The van der Waals surface area contributed by atoms with Crippen molar-refractivity contribution in [3.8, 4) is 11.5 Å². The van der Waals surface area contributed by atoms with Crippen molar-refractivity contribution >= 4 is 20.2 Å². The van der Waals surface area contributed by atoms with Crippen molar-refractivity contribution < 1.29 is 214 Å². The van der Waals surface area contributed by atoms with Crippen molar-refractivity contribution in [1.29, 1.82) is 0 Å². The molecule has 0 saturated heterocycles. The minimum atomic E-state index is -4.19. The van der Waals surface area contributed by atoms with Gasteiger partial charge in [0, 0.05) is 30.8 Å². The van der Waals surface area contributed by atoms with Crippen molar-refractivity contribution in [2.24, 2.45) is 0 Å². The van der Waals surface area contributed by atoms with Crippen LogP contribution in [0.5, 0.6) is 11.5 Å². The summed E-state index contributed by atoms with van der Waals surface area (Å²) in [5.41, 5.74) is 1.08. The van der Waals surface area contributed by atoms with E-state index in [1.165, 1.54) is 0 Å². The quantitative estimate of drug-likeness (QED) is 0.0336. The molecule has 24 nitrogen and oxygen atoms in total. The van der Waals surface area contributed by atoms with Crippen LogP contribution in [0.15, 0.2) is 18.2 Å². The Labute approximate surface area is 525 Å². The summed E-state index contributed by atoms with van der Waals surface area (Å²) in [6.07, 6.45) is 1.17. The zero-order chi connectivity index (χ0) is 52.2. The summed E-state index contributed by atoms with van der Waals surface area (Å²) in [4.78, 5) is 0. The van der Waals surface area contributed by atoms with Crippen LogP contribution in [0.3, 0.4) is 0 Å². The molecule has 0 aliphatic carbocycles. The van der Waals surface area contributed by atoms with Gasteiger partial charge in [0.1, 0.15) is 24.7 Å². The molecule has 0 bridgehead atoms. The van der Waals surface area contributed by atoms with E-state index in [4.69, 9.17) is 85.3 Å². The van der Waals surface area contributed by atoms with E-state index < -0.39 is 31.7 Å². The first kappa shape index (κ1) is 77.3. The van der Waals surface area contributed by atoms with Crippen molar-refractivity contribution in [1.82, 2.24) is 0 Å². The second-order valence-electron chi connectivity index (χ2n) is 14.8. The van der Waals surface area contributed by atoms with Crippen LogP contribution in [0.25, 0.3) is 0 Å². The van der Waals surface area contributed by atoms with Gasteiger partial charge in [0.05, 0.1) is 218 Å². The van der Waals surface area contributed by atoms with Gasteiger partial charge in [-0.3, -0.25) is 0 Å². The molecule has 1 aromatic rings. The predicted octanol–water partition coefficient (Wildman–Crippen LogP) is -4.85. The van der Waals surface area contributed by atoms with Crippen LogP contribution in [-0.4, -0.2) is 262 Å². The Balaban J connectivity index is 0. The second kappa shape index (κ2) is 58.9. The molecule has 0 amide bonds. The third kappa shape index (κ3) is 59.4. The van der Waals surface area contributed by atoms with Crippen LogP contribution in [0, 0.1) is 0 Å². The van der Waals surface area contributed by atoms with E-state index in [-0.39, 0.29) is 129 Å². The molecule has 0 aliphatic heterocycles. The molecule has 0 fully saturated rings. The molecule has 0 saturated carbocycles. The van der Waals surface area contributed by atoms with Gasteiger partial charge in [-0.1, -0.05) is 13.0 Å². The summed E-state index contributed by atoms with van der Waals surface area (Å²) >= 11 is 0. The molecule has 74 heavy (non-hydrogen) atoms. The van der Waals surface area contributed by atoms with Gasteiger partial charge in [0.15, 0.2) is 0 Å². The number of ether oxygens (including phenoxy) is 18. The zero-order valence-corrected chi connectivity index (χ0v) is 52.3. The maximum atomic E-state index is 10.5. The Bertz CT molecular complexity index is 1540. The maximum Gasteiger partial charge on any atom is 1.00 e. The van der Waals surface area contributed by atoms with Gasteiger partial charge in [0.2, 0.25) is 0 Å². The van der Waals surface area contributed by atoms with Gasteiger partial charge in [0.25, 0.3) is 0 Å². The van der Waals surface area contributed by atoms with E-state index in [9.17, 15) is 25.9 Å². The number of aryl methyl sites for hydroxylation is 1. The minimum Gasteiger partial charge on any atom is -0.748 e. The Kier molecular flexibility index (Phi) is 61.6. The van der Waals surface area contributed by atoms with E-state index >= 15 is 0 Å². The Hall–Kier alpha value is 1.27. The van der Waals surface area contributed by atoms with E-state index in [1.54, 1.807) is 0 Å². The summed E-state index contributed by atoms with van der Waals surface area (Å²) in [5, 5.41) is 0. The van der Waals surface area contributed by atoms with Crippen LogP contribution >= 0.6 is 0 Å². The molecule has 0 aromatic heterocycles. The smallest absolute Gasteiger partial charge is 0.748 e. The normalized spacial score (nSPS) is 11.7. The Morgan fingerprint density at radius 2 is 0.541 bits per heavy atom. The van der Waals surface area contributed by atoms with Gasteiger partial charge in [-0.25, -0.2) is 16.8 Å². The van der Waals surface area contributed by atoms with E-state index in [2.05, 4.69) is 6.92 Å². The van der Waals surface area contributed by atoms with Gasteiger partial charge < -0.3 is 94.4 Å². The largest absolute Gasteiger partial charge is 1.00 e. The van der Waals surface area contributed by atoms with Crippen LogP contribution in [-0.2, 0) is 102 Å². The molecule has 0 heterocycles. The Morgan fingerprint density at radius 3 is 0.770 bits per heavy atom. The number of hydrogen-bond donors (Lipinski definition) is 0. The molecule has 28 heteroatoms. The summed E-state index contributed by atoms with van der Waals surface area (Å²) in [5.74, 6) is 0.606. The van der Waals surface area contributed by atoms with E-state index in [1.807, 2.05) is 18.2 Å². The van der Waals surface area contributed by atoms with Crippen molar-refractivity contribution in [3.05, 3.63) is 23.8 Å². The number of rotatable bonds is 59. The molecule has 0 spiro atoms. The molecule has 1 aromatic carbocycles. The van der Waals surface area contributed by atoms with Gasteiger partial charge >= 0.3 is 103 Å². The predicted molar refractivity (Wildman–Crippen MR) is 258 cm³/mol. The van der Waals surface area contributed by atoms with Crippen molar-refractivity contribution in [2.75, 3.05) is 236 Å². The van der Waals surface area contributed by atoms with E-state index in [0.717, 1.165) is 17.7 Å². The van der Waals surface area contributed by atoms with Crippen LogP contribution in [0.4, 0.5) is 0 Å². The molecular formula is C46H84K2O24S2. The average molecular weight is 1160 g/mol. The summed E-state index contributed by atoms with van der Waals surface area (Å²) < 4.78 is 162. The molecule has 426 valence electrons. The summed E-state index contributed by atoms with van der Waals surface area (Å²) in [7, 11) is -8.38. The fraction of sp³-hybridized carbons (Fsp3) is 0.870. The first-order valence-electron chi connectivity index (χ1n) is 24.6. The molecule has 0 N–H and O–H groups in total. The van der Waals surface area contributed by atoms with Crippen molar-refractivity contribution in [3.63, 3.8) is 0 Å². The van der Waals surface area contributed by atoms with Crippen LogP contribution < -0.4 is 112 Å². The first-order chi connectivity index (χ1) is 35.1. The SMILES string of the molecule is CCc1ccc(OCCOCCOCCOCCOCCOCCOCCOCCOCCCS(=O)(=O)[O-])cc1OCCOCCOCCOCCOCCOCCOCCOCCOCCCS(=O)(=O)[O-].[K+].[K+]. The molecule has 0 unspecified atom stereocenters. The average Bonchev–Trinajstić information content (AvgIpc) is 3.35. The monoisotopic (exact) mass is 1160 g/mol. The molecule has 0 aliphatic rings. The summed E-state index contributed by atoms with van der Waals surface area (Å²) in [6, 6.07) is 5.81. The number of benzene rings is 1. The van der Waals surface area contributed by atoms with Gasteiger partial charge in [-0.15, -0.1) is 0 Å². The zero-order valence-electron chi connectivity index (χ0n) is 44.4. The summed E-state index contributed by atoms with van der Waals surface area (Å²) in [6.45, 7) is 16.0. The first-order valence-corrected chi connectivity index (χ1v) is 27.8. The van der Waals surface area contributed by atoms with Crippen molar-refractivity contribution in [2.45, 2.75) is 26.2 Å². The Morgan fingerprint density at radius 1 is 0.324 bits per heavy atom. The third-order valence-electron chi connectivity index (χ3n) is 8.98. The van der Waals surface area contributed by atoms with E-state index in [0.29, 0.717) is 217 Å². The fourth-order valence-corrected chi connectivity index (χ4v) is 6.38. The van der Waals surface area contributed by atoms with Gasteiger partial charge in [-0.05, 0) is 30.9 Å². The molecule has 1 rings (SSSR count). The third-order valence-corrected chi connectivity index (χ3v) is 10.6. The van der Waals surface area contributed by atoms with Crippen LogP contribution in [0.1, 0.15) is 25.3 Å². The van der Waals surface area contributed by atoms with Crippen LogP contribution in [0.2, 0.25) is 0 Å². The van der Waals surface area contributed by atoms with Gasteiger partial charge in [-0.2, -0.15) is 0 Å².